The van der Waals surface area contributed by atoms with Crippen molar-refractivity contribution in [3.8, 4) is 0 Å². The van der Waals surface area contributed by atoms with Gasteiger partial charge >= 0.3 is 0 Å². The van der Waals surface area contributed by atoms with Gasteiger partial charge in [0.2, 0.25) is 0 Å². The molecule has 0 radical (unpaired) electrons. The van der Waals surface area contributed by atoms with E-state index in [4.69, 9.17) is 0 Å². The van der Waals surface area contributed by atoms with Crippen LogP contribution in [0.25, 0.3) is 10.8 Å². The van der Waals surface area contributed by atoms with Crippen LogP contribution in [0.5, 0.6) is 0 Å². The van der Waals surface area contributed by atoms with Crippen molar-refractivity contribution >= 4 is 16.5 Å². The number of likely N-dealkylation sites (N-methyl/N-ethyl adjacent to an activating group) is 2. The van der Waals surface area contributed by atoms with Gasteiger partial charge in [0.1, 0.15) is 0 Å². The van der Waals surface area contributed by atoms with E-state index in [9.17, 15) is 0 Å². The molecular weight excluding hydrogens is 268 g/mol. The van der Waals surface area contributed by atoms with Gasteiger partial charge in [-0.05, 0) is 41.1 Å². The summed E-state index contributed by atoms with van der Waals surface area (Å²) < 4.78 is 0. The Bertz CT molecular complexity index is 805. The molecule has 0 aliphatic heterocycles. The zero-order valence-electron chi connectivity index (χ0n) is 13.0. The molecule has 0 spiro atoms. The molecule has 3 aromatic rings. The summed E-state index contributed by atoms with van der Waals surface area (Å²) in [5, 5.41) is 6.28. The predicted molar refractivity (Wildman–Crippen MR) is 93.3 cm³/mol. The fourth-order valence-corrected chi connectivity index (χ4v) is 3.82. The first kappa shape index (κ1) is 13.4. The zero-order valence-corrected chi connectivity index (χ0v) is 13.0. The highest BCUT2D eigenvalue weighted by atomic mass is 15.2. The van der Waals surface area contributed by atoms with Crippen molar-refractivity contribution in [2.45, 2.75) is 12.1 Å². The Labute approximate surface area is 131 Å². The van der Waals surface area contributed by atoms with E-state index in [-0.39, 0.29) is 0 Å². The quantitative estimate of drug-likeness (QED) is 0.773. The van der Waals surface area contributed by atoms with Crippen LogP contribution in [0.3, 0.4) is 0 Å². The van der Waals surface area contributed by atoms with E-state index in [2.05, 4.69) is 91.0 Å². The van der Waals surface area contributed by atoms with E-state index in [1.54, 1.807) is 0 Å². The van der Waals surface area contributed by atoms with Crippen molar-refractivity contribution in [1.29, 1.82) is 0 Å². The second kappa shape index (κ2) is 5.15. The summed E-state index contributed by atoms with van der Waals surface area (Å²) in [7, 11) is 4.25. The van der Waals surface area contributed by atoms with Gasteiger partial charge in [-0.1, -0.05) is 54.6 Å². The summed E-state index contributed by atoms with van der Waals surface area (Å²) in [6.07, 6.45) is 0. The zero-order chi connectivity index (χ0) is 15.1. The highest BCUT2D eigenvalue weighted by Gasteiger charge is 2.35. The van der Waals surface area contributed by atoms with Crippen LogP contribution in [0.1, 0.15) is 23.2 Å². The maximum absolute atomic E-state index is 3.53. The fraction of sp³-hybridized carbons (Fsp3) is 0.200. The minimum absolute atomic E-state index is 0.311. The Balaban J connectivity index is 1.89. The van der Waals surface area contributed by atoms with E-state index in [0.29, 0.717) is 12.1 Å². The molecule has 2 nitrogen and oxygen atoms in total. The summed E-state index contributed by atoms with van der Waals surface area (Å²) in [5.74, 6) is 0. The first-order valence-electron chi connectivity index (χ1n) is 7.78. The number of hydrogen-bond donors (Lipinski definition) is 1. The summed E-state index contributed by atoms with van der Waals surface area (Å²) >= 11 is 0. The van der Waals surface area contributed by atoms with Gasteiger partial charge in [0, 0.05) is 12.7 Å². The van der Waals surface area contributed by atoms with Crippen LogP contribution in [-0.4, -0.2) is 14.1 Å². The summed E-state index contributed by atoms with van der Waals surface area (Å²) in [5.41, 5.74) is 4.07. The maximum Gasteiger partial charge on any atom is 0.0740 e. The predicted octanol–water partition coefficient (Wildman–Crippen LogP) is 4.29. The number of anilines is 1. The first-order chi connectivity index (χ1) is 10.8. The Hall–Kier alpha value is -2.32. The summed E-state index contributed by atoms with van der Waals surface area (Å²) in [6, 6.07) is 24.5. The Morgan fingerprint density at radius 3 is 2.18 bits per heavy atom. The number of para-hydroxylation sites is 1. The molecule has 2 heteroatoms. The highest BCUT2D eigenvalue weighted by Crippen LogP contribution is 2.47. The molecule has 4 rings (SSSR count). The van der Waals surface area contributed by atoms with Crippen molar-refractivity contribution in [2.75, 3.05) is 19.0 Å². The lowest BCUT2D eigenvalue weighted by Gasteiger charge is -2.32. The molecule has 0 saturated heterocycles. The van der Waals surface area contributed by atoms with Crippen molar-refractivity contribution < 1.29 is 0 Å². The number of benzene rings is 3. The third kappa shape index (κ3) is 1.84. The molecule has 0 amide bonds. The van der Waals surface area contributed by atoms with E-state index >= 15 is 0 Å². The van der Waals surface area contributed by atoms with Gasteiger partial charge in [0.25, 0.3) is 0 Å². The minimum Gasteiger partial charge on any atom is -0.366 e. The summed E-state index contributed by atoms with van der Waals surface area (Å²) in [6.45, 7) is 0. The molecule has 22 heavy (non-hydrogen) atoms. The van der Waals surface area contributed by atoms with Gasteiger partial charge in [-0.15, -0.1) is 0 Å². The maximum atomic E-state index is 3.53. The molecule has 0 fully saturated rings. The molecule has 2 unspecified atom stereocenters. The Kier molecular flexibility index (Phi) is 3.12. The van der Waals surface area contributed by atoms with Crippen LogP contribution < -0.4 is 10.2 Å². The molecule has 0 bridgehead atoms. The molecule has 0 saturated carbocycles. The molecule has 2 atom stereocenters. The van der Waals surface area contributed by atoms with Crippen LogP contribution in [0.15, 0.2) is 66.7 Å². The second-order valence-electron chi connectivity index (χ2n) is 5.95. The van der Waals surface area contributed by atoms with E-state index in [1.807, 2.05) is 0 Å². The normalized spacial score (nSPS) is 19.5. The van der Waals surface area contributed by atoms with E-state index < -0.39 is 0 Å². The van der Waals surface area contributed by atoms with E-state index in [0.717, 1.165) is 0 Å². The first-order valence-corrected chi connectivity index (χ1v) is 7.78. The SMILES string of the molecule is CNC1c2cccc3cccc(c23)C1N(C)c1ccccc1. The molecule has 1 N–H and O–H groups in total. The van der Waals surface area contributed by atoms with Gasteiger partial charge in [-0.25, -0.2) is 0 Å². The van der Waals surface area contributed by atoms with Crippen molar-refractivity contribution in [3.63, 3.8) is 0 Å². The highest BCUT2D eigenvalue weighted by molar-refractivity contribution is 5.92. The van der Waals surface area contributed by atoms with Crippen molar-refractivity contribution in [2.24, 2.45) is 0 Å². The summed E-state index contributed by atoms with van der Waals surface area (Å²) in [4.78, 5) is 2.38. The van der Waals surface area contributed by atoms with E-state index in [1.165, 1.54) is 27.6 Å². The van der Waals surface area contributed by atoms with Crippen LogP contribution in [0.2, 0.25) is 0 Å². The fourth-order valence-electron chi connectivity index (χ4n) is 3.82. The molecular formula is C20H20N2. The smallest absolute Gasteiger partial charge is 0.0740 e. The topological polar surface area (TPSA) is 15.3 Å². The number of rotatable bonds is 3. The standard InChI is InChI=1S/C20H20N2/c1-21-19-16-12-6-8-14-9-7-13-17(18(14)16)20(19)22(2)15-10-4-3-5-11-15/h3-13,19-21H,1-2H3. The average molecular weight is 288 g/mol. The molecule has 3 aromatic carbocycles. The van der Waals surface area contributed by atoms with Gasteiger partial charge in [-0.3, -0.25) is 0 Å². The largest absolute Gasteiger partial charge is 0.366 e. The van der Waals surface area contributed by atoms with Crippen LogP contribution in [-0.2, 0) is 0 Å². The third-order valence-electron chi connectivity index (χ3n) is 4.83. The van der Waals surface area contributed by atoms with Crippen molar-refractivity contribution in [3.05, 3.63) is 77.9 Å². The second-order valence-corrected chi connectivity index (χ2v) is 5.95. The van der Waals surface area contributed by atoms with Crippen LogP contribution >= 0.6 is 0 Å². The molecule has 1 aliphatic carbocycles. The lowest BCUT2D eigenvalue weighted by molar-refractivity contribution is 0.493. The van der Waals surface area contributed by atoms with Gasteiger partial charge in [0.15, 0.2) is 0 Å². The Morgan fingerprint density at radius 1 is 0.818 bits per heavy atom. The molecule has 0 heterocycles. The van der Waals surface area contributed by atoms with Crippen molar-refractivity contribution in [1.82, 2.24) is 5.32 Å². The number of nitrogens with zero attached hydrogens (tertiary/aromatic N) is 1. The lowest BCUT2D eigenvalue weighted by Crippen LogP contribution is -2.32. The number of hydrogen-bond acceptors (Lipinski definition) is 2. The third-order valence-corrected chi connectivity index (χ3v) is 4.83. The Morgan fingerprint density at radius 2 is 1.50 bits per heavy atom. The van der Waals surface area contributed by atoms with Gasteiger partial charge in [0.05, 0.1) is 12.1 Å². The van der Waals surface area contributed by atoms with Crippen LogP contribution in [0, 0.1) is 0 Å². The molecule has 110 valence electrons. The lowest BCUT2D eigenvalue weighted by atomic mass is 10.0. The monoisotopic (exact) mass is 288 g/mol. The van der Waals surface area contributed by atoms with Gasteiger partial charge < -0.3 is 10.2 Å². The average Bonchev–Trinajstić information content (AvgIpc) is 2.91. The molecule has 1 aliphatic rings. The minimum atomic E-state index is 0.311. The molecule has 0 aromatic heterocycles. The van der Waals surface area contributed by atoms with Crippen LogP contribution in [0.4, 0.5) is 5.69 Å². The van der Waals surface area contributed by atoms with Gasteiger partial charge in [-0.2, -0.15) is 0 Å². The number of nitrogens with one attached hydrogen (secondary N) is 1.